The van der Waals surface area contributed by atoms with Crippen molar-refractivity contribution in [2.75, 3.05) is 0 Å². The van der Waals surface area contributed by atoms with Crippen molar-refractivity contribution in [3.8, 4) is 0 Å². The summed E-state index contributed by atoms with van der Waals surface area (Å²) in [5.74, 6) is -0.106. The number of hydrogen-bond acceptors (Lipinski definition) is 6. The van der Waals surface area contributed by atoms with Crippen LogP contribution in [0.2, 0.25) is 0 Å². The summed E-state index contributed by atoms with van der Waals surface area (Å²) in [6, 6.07) is 19.3. The summed E-state index contributed by atoms with van der Waals surface area (Å²) in [5.41, 5.74) is 10.1. The molecule has 0 aliphatic rings. The number of nitrogens with zero attached hydrogens (tertiary/aromatic N) is 1. The van der Waals surface area contributed by atoms with Crippen LogP contribution in [0.1, 0.15) is 42.7 Å². The maximum Gasteiger partial charge on any atom is 0.407 e. The lowest BCUT2D eigenvalue weighted by atomic mass is 9.95. The predicted molar refractivity (Wildman–Crippen MR) is 143 cm³/mol. The Bertz CT molecular complexity index is 1050. The zero-order valence-corrected chi connectivity index (χ0v) is 21.7. The normalized spacial score (nSPS) is 13.6. The second-order valence-corrected chi connectivity index (χ2v) is 10.3. The molecular weight excluding hydrogens is 472 g/mol. The molecule has 0 bridgehead atoms. The maximum absolute atomic E-state index is 12.8. The molecule has 7 nitrogen and oxygen atoms in total. The molecule has 0 fully saturated rings. The molecule has 2 aromatic carbocycles. The highest BCUT2D eigenvalue weighted by Crippen LogP contribution is 2.14. The fraction of sp³-hybridized carbons (Fsp3) is 0.393. The Morgan fingerprint density at radius 1 is 0.917 bits per heavy atom. The van der Waals surface area contributed by atoms with E-state index in [0.29, 0.717) is 25.7 Å². The highest BCUT2D eigenvalue weighted by atomic mass is 32.1. The first kappa shape index (κ1) is 27.4. The number of nitrogens with two attached hydrogens (primary N) is 1. The lowest BCUT2D eigenvalue weighted by molar-refractivity contribution is -0.124. The highest BCUT2D eigenvalue weighted by molar-refractivity contribution is 7.09. The van der Waals surface area contributed by atoms with Gasteiger partial charge in [0.05, 0.1) is 16.4 Å². The van der Waals surface area contributed by atoms with Crippen LogP contribution in [0.25, 0.3) is 0 Å². The van der Waals surface area contributed by atoms with Crippen molar-refractivity contribution in [1.82, 2.24) is 15.6 Å². The van der Waals surface area contributed by atoms with Gasteiger partial charge < -0.3 is 21.1 Å². The largest absolute Gasteiger partial charge is 0.444 e. The standard InChI is InChI=1S/C28H36N4O3S/c1-20(2)26(29)27(33)31-23(15-21-9-5-3-6-10-21)13-14-24(16-22-11-7-4-8-12-22)32-28(34)35-18-25-17-30-19-36-25/h3-12,17,19-20,23-24,26H,13-16,18,29H2,1-2H3,(H,31,33)(H,32,34)/t23-,24-,26+/m1/s1. The van der Waals surface area contributed by atoms with E-state index in [4.69, 9.17) is 10.5 Å². The van der Waals surface area contributed by atoms with Crippen LogP contribution in [-0.4, -0.2) is 35.1 Å². The van der Waals surface area contributed by atoms with Crippen molar-refractivity contribution in [3.63, 3.8) is 0 Å². The van der Waals surface area contributed by atoms with E-state index in [1.54, 1.807) is 11.7 Å². The number of aromatic nitrogens is 1. The van der Waals surface area contributed by atoms with Crippen LogP contribution in [0.5, 0.6) is 0 Å². The average Bonchev–Trinajstić information content (AvgIpc) is 3.40. The Kier molecular flexibility index (Phi) is 10.9. The summed E-state index contributed by atoms with van der Waals surface area (Å²) in [6.45, 7) is 4.07. The lowest BCUT2D eigenvalue weighted by Crippen LogP contribution is -2.49. The third kappa shape index (κ3) is 9.43. The summed E-state index contributed by atoms with van der Waals surface area (Å²) >= 11 is 1.44. The Morgan fingerprint density at radius 3 is 1.97 bits per heavy atom. The zero-order chi connectivity index (χ0) is 25.8. The van der Waals surface area contributed by atoms with Crippen molar-refractivity contribution in [2.24, 2.45) is 11.7 Å². The second-order valence-electron chi connectivity index (χ2n) is 9.32. The minimum absolute atomic E-state index is 0.0446. The van der Waals surface area contributed by atoms with Gasteiger partial charge in [0.15, 0.2) is 0 Å². The van der Waals surface area contributed by atoms with Gasteiger partial charge in [0, 0.05) is 18.3 Å². The van der Waals surface area contributed by atoms with Gasteiger partial charge in [0.2, 0.25) is 5.91 Å². The van der Waals surface area contributed by atoms with Crippen LogP contribution in [0.3, 0.4) is 0 Å². The third-order valence-corrected chi connectivity index (χ3v) is 6.78. The van der Waals surface area contributed by atoms with Crippen molar-refractivity contribution in [3.05, 3.63) is 88.4 Å². The molecule has 0 saturated carbocycles. The predicted octanol–water partition coefficient (Wildman–Crippen LogP) is 4.47. The molecule has 192 valence electrons. The molecule has 1 aromatic heterocycles. The van der Waals surface area contributed by atoms with Gasteiger partial charge in [-0.05, 0) is 42.7 Å². The van der Waals surface area contributed by atoms with E-state index in [0.717, 1.165) is 16.0 Å². The van der Waals surface area contributed by atoms with Crippen molar-refractivity contribution >= 4 is 23.3 Å². The van der Waals surface area contributed by atoms with Crippen LogP contribution in [0, 0.1) is 5.92 Å². The number of alkyl carbamates (subject to hydrolysis) is 1. The first-order chi connectivity index (χ1) is 17.4. The Balaban J connectivity index is 1.66. The average molecular weight is 509 g/mol. The van der Waals surface area contributed by atoms with Gasteiger partial charge in [-0.15, -0.1) is 11.3 Å². The Hall–Kier alpha value is -3.23. The van der Waals surface area contributed by atoms with E-state index in [-0.39, 0.29) is 30.5 Å². The topological polar surface area (TPSA) is 106 Å². The first-order valence-corrected chi connectivity index (χ1v) is 13.2. The Morgan fingerprint density at radius 2 is 1.47 bits per heavy atom. The molecule has 0 radical (unpaired) electrons. The van der Waals surface area contributed by atoms with Crippen LogP contribution in [0.15, 0.2) is 72.4 Å². The quantitative estimate of drug-likeness (QED) is 0.316. The van der Waals surface area contributed by atoms with Crippen molar-refractivity contribution in [2.45, 2.75) is 64.3 Å². The number of carbonyl (C=O) groups excluding carboxylic acids is 2. The summed E-state index contributed by atoms with van der Waals surface area (Å²) in [4.78, 5) is 30.2. The minimum Gasteiger partial charge on any atom is -0.444 e. The number of ether oxygens (including phenoxy) is 1. The van der Waals surface area contributed by atoms with Crippen molar-refractivity contribution < 1.29 is 14.3 Å². The minimum atomic E-state index is -0.566. The lowest BCUT2D eigenvalue weighted by Gasteiger charge is -2.25. The molecule has 0 saturated heterocycles. The maximum atomic E-state index is 12.8. The number of nitrogens with one attached hydrogen (secondary N) is 2. The summed E-state index contributed by atoms with van der Waals surface area (Å²) < 4.78 is 5.41. The second kappa shape index (κ2) is 14.4. The molecule has 36 heavy (non-hydrogen) atoms. The fourth-order valence-electron chi connectivity index (χ4n) is 3.91. The van der Waals surface area contributed by atoms with E-state index < -0.39 is 12.1 Å². The number of carbonyl (C=O) groups is 2. The van der Waals surface area contributed by atoms with E-state index in [1.807, 2.05) is 62.4 Å². The number of thiazole rings is 1. The highest BCUT2D eigenvalue weighted by Gasteiger charge is 2.23. The monoisotopic (exact) mass is 508 g/mol. The van der Waals surface area contributed by atoms with Crippen LogP contribution < -0.4 is 16.4 Å². The first-order valence-electron chi connectivity index (χ1n) is 12.3. The van der Waals surface area contributed by atoms with Crippen LogP contribution >= 0.6 is 11.3 Å². The molecule has 0 aliphatic carbocycles. The van der Waals surface area contributed by atoms with Gasteiger partial charge in [-0.3, -0.25) is 9.78 Å². The SMILES string of the molecule is CC(C)[C@H](N)C(=O)N[C@H](CC[C@H](Cc1ccccc1)NC(=O)OCc1cncs1)Cc1ccccc1. The summed E-state index contributed by atoms with van der Waals surface area (Å²) in [5, 5.41) is 6.18. The van der Waals surface area contributed by atoms with Gasteiger partial charge in [-0.2, -0.15) is 0 Å². The Labute approximate surface area is 217 Å². The molecular formula is C28H36N4O3S. The molecule has 1 heterocycles. The third-order valence-electron chi connectivity index (χ3n) is 6.03. The number of amides is 2. The van der Waals surface area contributed by atoms with Gasteiger partial charge in [-0.1, -0.05) is 74.5 Å². The van der Waals surface area contributed by atoms with Gasteiger partial charge in [0.25, 0.3) is 0 Å². The van der Waals surface area contributed by atoms with Gasteiger partial charge in [0.1, 0.15) is 6.61 Å². The zero-order valence-electron chi connectivity index (χ0n) is 20.9. The number of rotatable bonds is 13. The van der Waals surface area contributed by atoms with E-state index in [1.165, 1.54) is 11.3 Å². The molecule has 3 atom stereocenters. The molecule has 0 aliphatic heterocycles. The number of hydrogen-bond donors (Lipinski definition) is 3. The van der Waals surface area contributed by atoms with Gasteiger partial charge >= 0.3 is 6.09 Å². The fourth-order valence-corrected chi connectivity index (χ4v) is 4.41. The van der Waals surface area contributed by atoms with Crippen molar-refractivity contribution in [1.29, 1.82) is 0 Å². The molecule has 0 spiro atoms. The molecule has 4 N–H and O–H groups in total. The van der Waals surface area contributed by atoms with E-state index >= 15 is 0 Å². The molecule has 3 aromatic rings. The molecule has 0 unspecified atom stereocenters. The summed E-state index contributed by atoms with van der Waals surface area (Å²) in [6.07, 6.45) is 3.92. The number of benzene rings is 2. The van der Waals surface area contributed by atoms with Gasteiger partial charge in [-0.25, -0.2) is 4.79 Å². The van der Waals surface area contributed by atoms with Crippen LogP contribution in [-0.2, 0) is 29.0 Å². The summed E-state index contributed by atoms with van der Waals surface area (Å²) in [7, 11) is 0. The van der Waals surface area contributed by atoms with E-state index in [2.05, 4.69) is 27.8 Å². The van der Waals surface area contributed by atoms with E-state index in [9.17, 15) is 9.59 Å². The smallest absolute Gasteiger partial charge is 0.407 e. The molecule has 2 amide bonds. The van der Waals surface area contributed by atoms with Crippen LogP contribution in [0.4, 0.5) is 4.79 Å². The molecule has 8 heteroatoms. The molecule has 3 rings (SSSR count).